The van der Waals surface area contributed by atoms with Gasteiger partial charge < -0.3 is 60.0 Å². The molecule has 0 saturated carbocycles. The molecular weight excluding hydrogens is 502 g/mol. The smallest absolute Gasteiger partial charge is 0.220 e. The van der Waals surface area contributed by atoms with Crippen LogP contribution in [0, 0.1) is 0 Å². The molecule has 2 fully saturated rings. The Morgan fingerprint density at radius 1 is 0.778 bits per heavy atom. The van der Waals surface area contributed by atoms with E-state index in [4.69, 9.17) is 18.9 Å². The summed E-state index contributed by atoms with van der Waals surface area (Å²) in [7, 11) is 0. The molecule has 1 amide bonds. The van der Waals surface area contributed by atoms with Gasteiger partial charge in [0.1, 0.15) is 48.8 Å². The fourth-order valence-electron chi connectivity index (χ4n) is 4.02. The molecule has 0 aromatic carbocycles. The maximum Gasteiger partial charge on any atom is 0.220 e. The first-order valence-corrected chi connectivity index (χ1v) is 13.0. The van der Waals surface area contributed by atoms with Crippen LogP contribution in [-0.4, -0.2) is 135 Å². The largest absolute Gasteiger partial charge is 0.394 e. The van der Waals surface area contributed by atoms with Crippen LogP contribution in [0.1, 0.15) is 38.5 Å². The van der Waals surface area contributed by atoms with Gasteiger partial charge in [0.15, 0.2) is 12.6 Å². The highest BCUT2D eigenvalue weighted by atomic mass is 32.1. The molecule has 0 bridgehead atoms. The molecule has 36 heavy (non-hydrogen) atoms. The Morgan fingerprint density at radius 2 is 1.42 bits per heavy atom. The third kappa shape index (κ3) is 8.99. The number of carbonyl (C=O) groups is 1. The van der Waals surface area contributed by atoms with Gasteiger partial charge >= 0.3 is 0 Å². The number of nitrogens with one attached hydrogen (secondary N) is 1. The van der Waals surface area contributed by atoms with E-state index < -0.39 is 74.6 Å². The normalized spacial score (nSPS) is 37.1. The topological polar surface area (TPSA) is 208 Å². The van der Waals surface area contributed by atoms with Crippen molar-refractivity contribution in [1.82, 2.24) is 5.32 Å². The fourth-order valence-corrected chi connectivity index (χ4v) is 4.18. The lowest BCUT2D eigenvalue weighted by molar-refractivity contribution is -0.360. The van der Waals surface area contributed by atoms with Crippen LogP contribution in [0.25, 0.3) is 0 Å². The monoisotopic (exact) mass is 543 g/mol. The van der Waals surface area contributed by atoms with E-state index in [-0.39, 0.29) is 12.5 Å². The summed E-state index contributed by atoms with van der Waals surface area (Å²) in [4.78, 5) is 11.5. The van der Waals surface area contributed by atoms with Gasteiger partial charge in [-0.25, -0.2) is 0 Å². The van der Waals surface area contributed by atoms with Gasteiger partial charge in [0.2, 0.25) is 5.91 Å². The number of aliphatic hydroxyl groups excluding tert-OH is 7. The molecule has 0 radical (unpaired) electrons. The van der Waals surface area contributed by atoms with E-state index in [9.17, 15) is 40.5 Å². The van der Waals surface area contributed by atoms with Crippen LogP contribution in [0.3, 0.4) is 0 Å². The highest BCUT2D eigenvalue weighted by Crippen LogP contribution is 2.29. The van der Waals surface area contributed by atoms with E-state index >= 15 is 0 Å². The predicted molar refractivity (Wildman–Crippen MR) is 127 cm³/mol. The summed E-state index contributed by atoms with van der Waals surface area (Å²) in [5.74, 6) is 0.683. The SMILES string of the molecule is O=C(CCCS)NCCCCCCO[C@@H]1OC(CO)[C@H](O)C(O[C@H]2OC(CO)[C@H](O)C(O)C2O)C1O. The Hall–Kier alpha value is -0.620. The number of ether oxygens (including phenoxy) is 4. The molecule has 0 aromatic rings. The van der Waals surface area contributed by atoms with Crippen molar-refractivity contribution in [2.75, 3.05) is 32.1 Å². The molecule has 14 heteroatoms. The van der Waals surface area contributed by atoms with Gasteiger partial charge in [-0.05, 0) is 25.0 Å². The Morgan fingerprint density at radius 3 is 2.08 bits per heavy atom. The number of carbonyl (C=O) groups excluding carboxylic acids is 1. The van der Waals surface area contributed by atoms with Crippen molar-refractivity contribution < 1.29 is 59.5 Å². The van der Waals surface area contributed by atoms with Gasteiger partial charge in [0.05, 0.1) is 13.2 Å². The summed E-state index contributed by atoms with van der Waals surface area (Å²) in [5, 5.41) is 73.0. The van der Waals surface area contributed by atoms with Crippen molar-refractivity contribution in [2.24, 2.45) is 0 Å². The summed E-state index contributed by atoms with van der Waals surface area (Å²) in [6, 6.07) is 0. The van der Waals surface area contributed by atoms with Crippen LogP contribution in [0.4, 0.5) is 0 Å². The Balaban J connectivity index is 1.80. The summed E-state index contributed by atoms with van der Waals surface area (Å²) in [6.45, 7) is -0.486. The van der Waals surface area contributed by atoms with Crippen molar-refractivity contribution >= 4 is 18.5 Å². The van der Waals surface area contributed by atoms with Crippen LogP contribution >= 0.6 is 12.6 Å². The van der Waals surface area contributed by atoms with Crippen molar-refractivity contribution in [3.05, 3.63) is 0 Å². The van der Waals surface area contributed by atoms with Crippen LogP contribution in [0.5, 0.6) is 0 Å². The summed E-state index contributed by atoms with van der Waals surface area (Å²) < 4.78 is 21.9. The maximum atomic E-state index is 11.5. The van der Waals surface area contributed by atoms with Crippen molar-refractivity contribution in [2.45, 2.75) is 99.9 Å². The molecule has 2 aliphatic heterocycles. The van der Waals surface area contributed by atoms with E-state index in [2.05, 4.69) is 17.9 Å². The van der Waals surface area contributed by atoms with Crippen LogP contribution in [0.15, 0.2) is 0 Å². The zero-order valence-electron chi connectivity index (χ0n) is 20.2. The minimum Gasteiger partial charge on any atom is -0.394 e. The Labute approximate surface area is 215 Å². The third-order valence-corrected chi connectivity index (χ3v) is 6.52. The number of hydrogen-bond donors (Lipinski definition) is 9. The second-order valence-electron chi connectivity index (χ2n) is 8.97. The molecule has 0 aliphatic carbocycles. The number of rotatable bonds is 15. The molecule has 13 nitrogen and oxygen atoms in total. The van der Waals surface area contributed by atoms with Gasteiger partial charge in [0, 0.05) is 19.6 Å². The van der Waals surface area contributed by atoms with E-state index in [0.29, 0.717) is 25.1 Å². The summed E-state index contributed by atoms with van der Waals surface area (Å²) >= 11 is 4.07. The predicted octanol–water partition coefficient (Wildman–Crippen LogP) is -2.99. The molecule has 8 N–H and O–H groups in total. The standard InChI is InChI=1S/C22H41NO12S/c24-10-12-15(27)17(29)18(30)22(34-12)35-20-16(28)13(11-25)33-21(19(20)31)32-8-4-2-1-3-7-23-14(26)6-5-9-36/h12-13,15-22,24-25,27-31,36H,1-11H2,(H,23,26)/t12?,13?,15-,16-,17?,18?,19?,20?,21+,22+/m0/s1. The van der Waals surface area contributed by atoms with Gasteiger partial charge in [0.25, 0.3) is 0 Å². The number of thiol groups is 1. The van der Waals surface area contributed by atoms with Crippen molar-refractivity contribution in [3.63, 3.8) is 0 Å². The number of hydrogen-bond acceptors (Lipinski definition) is 13. The first kappa shape index (κ1) is 31.6. The van der Waals surface area contributed by atoms with Crippen molar-refractivity contribution in [1.29, 1.82) is 0 Å². The van der Waals surface area contributed by atoms with E-state index in [1.54, 1.807) is 0 Å². The second kappa shape index (κ2) is 16.4. The zero-order chi connectivity index (χ0) is 26.7. The maximum absolute atomic E-state index is 11.5. The first-order valence-electron chi connectivity index (χ1n) is 12.3. The quantitative estimate of drug-likeness (QED) is 0.0749. The minimum absolute atomic E-state index is 0.0110. The molecule has 2 aliphatic rings. The lowest BCUT2D eigenvalue weighted by atomic mass is 9.97. The average Bonchev–Trinajstić information content (AvgIpc) is 2.87. The zero-order valence-corrected chi connectivity index (χ0v) is 21.1. The van der Waals surface area contributed by atoms with E-state index in [0.717, 1.165) is 25.7 Å². The molecule has 0 spiro atoms. The molecule has 6 unspecified atom stereocenters. The Bertz CT molecular complexity index is 632. The summed E-state index contributed by atoms with van der Waals surface area (Å²) in [5.41, 5.74) is 0. The molecule has 2 heterocycles. The summed E-state index contributed by atoms with van der Waals surface area (Å²) in [6.07, 6.45) is -10.5. The number of amides is 1. The molecule has 212 valence electrons. The fraction of sp³-hybridized carbons (Fsp3) is 0.955. The number of unbranched alkanes of at least 4 members (excludes halogenated alkanes) is 3. The van der Waals surface area contributed by atoms with E-state index in [1.807, 2.05) is 0 Å². The molecule has 2 rings (SSSR count). The highest BCUT2D eigenvalue weighted by molar-refractivity contribution is 7.80. The minimum atomic E-state index is -1.73. The molecule has 2 saturated heterocycles. The second-order valence-corrected chi connectivity index (χ2v) is 9.41. The first-order chi connectivity index (χ1) is 17.2. The highest BCUT2D eigenvalue weighted by Gasteiger charge is 2.50. The van der Waals surface area contributed by atoms with Gasteiger partial charge in [-0.3, -0.25) is 4.79 Å². The van der Waals surface area contributed by atoms with Gasteiger partial charge in [-0.1, -0.05) is 12.8 Å². The van der Waals surface area contributed by atoms with E-state index in [1.165, 1.54) is 0 Å². The van der Waals surface area contributed by atoms with Gasteiger partial charge in [-0.15, -0.1) is 0 Å². The molecule has 10 atom stereocenters. The van der Waals surface area contributed by atoms with Crippen LogP contribution in [-0.2, 0) is 23.7 Å². The lowest BCUT2D eigenvalue weighted by Gasteiger charge is -2.45. The van der Waals surface area contributed by atoms with Crippen molar-refractivity contribution in [3.8, 4) is 0 Å². The average molecular weight is 544 g/mol. The molecular formula is C22H41NO12S. The lowest BCUT2D eigenvalue weighted by Crippen LogP contribution is -2.64. The van der Waals surface area contributed by atoms with Crippen LogP contribution < -0.4 is 5.32 Å². The number of aliphatic hydroxyl groups is 7. The van der Waals surface area contributed by atoms with Gasteiger partial charge in [-0.2, -0.15) is 12.6 Å². The Kier molecular flexibility index (Phi) is 14.4. The molecule has 0 aromatic heterocycles. The third-order valence-electron chi connectivity index (χ3n) is 6.20. The van der Waals surface area contributed by atoms with Crippen LogP contribution in [0.2, 0.25) is 0 Å².